The van der Waals surface area contributed by atoms with Crippen molar-refractivity contribution >= 4 is 0 Å². The lowest BCUT2D eigenvalue weighted by molar-refractivity contribution is -0.0530. The smallest absolute Gasteiger partial charge is 0.00870 e. The monoisotopic (exact) mass is 483 g/mol. The second-order valence-corrected chi connectivity index (χ2v) is 12.7. The normalized spacial score (nSPS) is 20.8. The number of hydrogen-bond acceptors (Lipinski definition) is 1. The molecule has 202 valence electrons. The van der Waals surface area contributed by atoms with E-state index >= 15 is 0 Å². The van der Waals surface area contributed by atoms with Crippen molar-refractivity contribution in [3.05, 3.63) is 47.1 Å². The summed E-state index contributed by atoms with van der Waals surface area (Å²) in [5.41, 5.74) is 4.89. The first-order chi connectivity index (χ1) is 16.4. The third kappa shape index (κ3) is 7.70. The van der Waals surface area contributed by atoms with E-state index in [4.69, 9.17) is 0 Å². The average molecular weight is 484 g/mol. The minimum Gasteiger partial charge on any atom is -0.309 e. The molecule has 1 nitrogen and oxygen atoms in total. The predicted molar refractivity (Wildman–Crippen MR) is 160 cm³/mol. The van der Waals surface area contributed by atoms with Gasteiger partial charge in [0.25, 0.3) is 0 Å². The van der Waals surface area contributed by atoms with Crippen LogP contribution in [0.4, 0.5) is 0 Å². The highest BCUT2D eigenvalue weighted by molar-refractivity contribution is 5.41. The fourth-order valence-electron chi connectivity index (χ4n) is 7.09. The molecule has 0 radical (unpaired) electrons. The van der Waals surface area contributed by atoms with Crippen molar-refractivity contribution in [1.29, 1.82) is 0 Å². The molecule has 0 amide bonds. The molecular weight excluding hydrogens is 422 g/mol. The lowest BCUT2D eigenvalue weighted by atomic mass is 9.44. The summed E-state index contributed by atoms with van der Waals surface area (Å²) in [6.07, 6.45) is 21.4. The van der Waals surface area contributed by atoms with Crippen LogP contribution in [0.1, 0.15) is 114 Å². The summed E-state index contributed by atoms with van der Waals surface area (Å²) in [7, 11) is 4.37. The Kier molecular flexibility index (Phi) is 13.3. The topological polar surface area (TPSA) is 3.24 Å². The van der Waals surface area contributed by atoms with Gasteiger partial charge in [-0.2, -0.15) is 0 Å². The van der Waals surface area contributed by atoms with Crippen LogP contribution in [0.25, 0.3) is 0 Å². The van der Waals surface area contributed by atoms with E-state index in [1.165, 1.54) is 43.3 Å². The zero-order valence-electron chi connectivity index (χ0n) is 25.8. The molecule has 3 atom stereocenters. The largest absolute Gasteiger partial charge is 0.309 e. The van der Waals surface area contributed by atoms with Gasteiger partial charge in [-0.05, 0) is 89.8 Å². The first-order valence-electron chi connectivity index (χ1n) is 14.8. The molecule has 0 fully saturated rings. The first-order valence-corrected chi connectivity index (χ1v) is 14.8. The highest BCUT2D eigenvalue weighted by Crippen LogP contribution is 2.63. The van der Waals surface area contributed by atoms with Gasteiger partial charge in [-0.3, -0.25) is 0 Å². The Balaban J connectivity index is 3.96. The highest BCUT2D eigenvalue weighted by Gasteiger charge is 2.56. The summed E-state index contributed by atoms with van der Waals surface area (Å²) in [6, 6.07) is 0. The van der Waals surface area contributed by atoms with Crippen LogP contribution < -0.4 is 0 Å². The summed E-state index contributed by atoms with van der Waals surface area (Å²) in [5.74, 6) is 2.34. The standard InChI is InChI=1S/C34H61N/c1-13-21-33(27(5)6,23-20-26(3)4)34(28(7)8,22-16-15-17-24-35(11)12)32-25-29(9)18-19-30(10)31(32)14-2/h16,18-19,22,25-28,32H,13-15,17,20-21,23-24H2,1-12H3/t32?,33-,34?/m1/s1. The Bertz CT molecular complexity index is 745. The van der Waals surface area contributed by atoms with Gasteiger partial charge in [-0.15, -0.1) is 0 Å². The molecule has 0 saturated heterocycles. The molecule has 0 aromatic rings. The van der Waals surface area contributed by atoms with E-state index in [-0.39, 0.29) is 10.8 Å². The second kappa shape index (κ2) is 14.6. The molecule has 0 heterocycles. The summed E-state index contributed by atoms with van der Waals surface area (Å²) >= 11 is 0. The maximum atomic E-state index is 2.76. The number of nitrogens with zero attached hydrogens (tertiary/aromatic N) is 1. The van der Waals surface area contributed by atoms with E-state index in [0.29, 0.717) is 17.8 Å². The molecule has 1 aliphatic carbocycles. The van der Waals surface area contributed by atoms with Crippen LogP contribution in [0.5, 0.6) is 0 Å². The third-order valence-corrected chi connectivity index (χ3v) is 8.96. The number of hydrogen-bond donors (Lipinski definition) is 0. The quantitative estimate of drug-likeness (QED) is 0.165. The molecule has 0 saturated carbocycles. The van der Waals surface area contributed by atoms with Crippen LogP contribution in [-0.4, -0.2) is 25.5 Å². The summed E-state index contributed by atoms with van der Waals surface area (Å²) < 4.78 is 0. The van der Waals surface area contributed by atoms with Gasteiger partial charge in [0.1, 0.15) is 0 Å². The molecular formula is C34H61N. The van der Waals surface area contributed by atoms with Gasteiger partial charge < -0.3 is 4.90 Å². The van der Waals surface area contributed by atoms with Gasteiger partial charge in [0.2, 0.25) is 0 Å². The summed E-state index contributed by atoms with van der Waals surface area (Å²) in [5, 5.41) is 0. The lowest BCUT2D eigenvalue weighted by Gasteiger charge is -2.59. The van der Waals surface area contributed by atoms with E-state index in [1.54, 1.807) is 5.57 Å². The van der Waals surface area contributed by atoms with Crippen LogP contribution in [0.2, 0.25) is 0 Å². The minimum atomic E-state index is 0.0874. The van der Waals surface area contributed by atoms with Crippen LogP contribution in [0, 0.1) is 34.5 Å². The highest BCUT2D eigenvalue weighted by atomic mass is 15.0. The van der Waals surface area contributed by atoms with E-state index in [2.05, 4.69) is 119 Å². The van der Waals surface area contributed by atoms with Crippen LogP contribution in [-0.2, 0) is 0 Å². The molecule has 1 aliphatic rings. The van der Waals surface area contributed by atoms with Gasteiger partial charge in [-0.1, -0.05) is 115 Å². The average Bonchev–Trinajstić information content (AvgIpc) is 2.91. The van der Waals surface area contributed by atoms with Crippen molar-refractivity contribution in [2.24, 2.45) is 34.5 Å². The molecule has 0 spiro atoms. The molecule has 0 bridgehead atoms. The Morgan fingerprint density at radius 2 is 1.60 bits per heavy atom. The van der Waals surface area contributed by atoms with E-state index < -0.39 is 0 Å². The minimum absolute atomic E-state index is 0.0874. The van der Waals surface area contributed by atoms with Gasteiger partial charge >= 0.3 is 0 Å². The van der Waals surface area contributed by atoms with Crippen molar-refractivity contribution < 1.29 is 0 Å². The second-order valence-electron chi connectivity index (χ2n) is 12.7. The van der Waals surface area contributed by atoms with Crippen molar-refractivity contribution in [2.45, 2.75) is 114 Å². The maximum Gasteiger partial charge on any atom is 0.00870 e. The summed E-state index contributed by atoms with van der Waals surface area (Å²) in [4.78, 5) is 2.31. The molecule has 0 aromatic heterocycles. The molecule has 2 unspecified atom stereocenters. The Hall–Kier alpha value is -1.08. The first kappa shape index (κ1) is 31.9. The Labute approximate surface area is 221 Å². The van der Waals surface area contributed by atoms with Crippen molar-refractivity contribution in [3.63, 3.8) is 0 Å². The van der Waals surface area contributed by atoms with E-state index in [1.807, 2.05) is 0 Å². The molecule has 0 aromatic carbocycles. The fourth-order valence-corrected chi connectivity index (χ4v) is 7.09. The zero-order chi connectivity index (χ0) is 26.8. The Morgan fingerprint density at radius 1 is 0.943 bits per heavy atom. The molecule has 0 N–H and O–H groups in total. The van der Waals surface area contributed by atoms with E-state index in [9.17, 15) is 0 Å². The molecule has 35 heavy (non-hydrogen) atoms. The number of unbranched alkanes of at least 4 members (excludes halogenated alkanes) is 1. The Morgan fingerprint density at radius 3 is 2.09 bits per heavy atom. The van der Waals surface area contributed by atoms with Crippen molar-refractivity contribution in [1.82, 2.24) is 4.90 Å². The fraction of sp³-hybridized carbons (Fsp3) is 0.765. The lowest BCUT2D eigenvalue weighted by Crippen LogP contribution is -2.53. The van der Waals surface area contributed by atoms with Gasteiger partial charge in [0.05, 0.1) is 0 Å². The SMILES string of the molecule is CCC[C@@](CCC(C)C)(C(C)C)C(C=CCCCN(C)C)(C(C)C)C1C=C(C)C=CC(C)=C1CC. The van der Waals surface area contributed by atoms with Crippen LogP contribution in [0.3, 0.4) is 0 Å². The molecule has 0 aliphatic heterocycles. The van der Waals surface area contributed by atoms with Gasteiger partial charge in [-0.25, -0.2) is 0 Å². The summed E-state index contributed by atoms with van der Waals surface area (Å²) in [6.45, 7) is 25.5. The molecule has 1 heteroatoms. The maximum absolute atomic E-state index is 2.76. The molecule has 1 rings (SSSR count). The predicted octanol–water partition coefficient (Wildman–Crippen LogP) is 10.3. The van der Waals surface area contributed by atoms with Crippen LogP contribution in [0.15, 0.2) is 47.1 Å². The number of rotatable bonds is 15. The van der Waals surface area contributed by atoms with Gasteiger partial charge in [0, 0.05) is 11.3 Å². The van der Waals surface area contributed by atoms with Crippen molar-refractivity contribution in [2.75, 3.05) is 20.6 Å². The van der Waals surface area contributed by atoms with E-state index in [0.717, 1.165) is 25.3 Å². The number of allylic oxidation sites excluding steroid dienone is 8. The van der Waals surface area contributed by atoms with Crippen molar-refractivity contribution in [3.8, 4) is 0 Å². The van der Waals surface area contributed by atoms with Crippen LogP contribution >= 0.6 is 0 Å². The van der Waals surface area contributed by atoms with Gasteiger partial charge in [0.15, 0.2) is 0 Å². The third-order valence-electron chi connectivity index (χ3n) is 8.96. The zero-order valence-corrected chi connectivity index (χ0v) is 25.8.